The van der Waals surface area contributed by atoms with Gasteiger partial charge in [0.1, 0.15) is 5.83 Å². The first-order valence-electron chi connectivity index (χ1n) is 3.49. The molecular weight excluding hydrogens is 192 g/mol. The smallest absolute Gasteiger partial charge is 0.425 e. The average molecular weight is 200 g/mol. The fourth-order valence-corrected chi connectivity index (χ4v) is 0.736. The summed E-state index contributed by atoms with van der Waals surface area (Å²) in [7, 11) is 0. The number of rotatable bonds is 3. The summed E-state index contributed by atoms with van der Waals surface area (Å²) in [4.78, 5) is 10.0. The van der Waals surface area contributed by atoms with Crippen molar-refractivity contribution in [3.63, 3.8) is 0 Å². The molecule has 0 bridgehead atoms. The standard InChI is InChI=1S/C7H8F4O2/c1-2-3-4(8)5(6(12)13)7(9,10)11/h2-3H2,1H3,(H,12,13). The van der Waals surface area contributed by atoms with Gasteiger partial charge < -0.3 is 5.11 Å². The number of carboxylic acid groups (broad SMARTS) is 1. The molecule has 0 radical (unpaired) electrons. The number of alkyl halides is 3. The normalized spacial score (nSPS) is 13.9. The molecule has 0 aromatic rings. The van der Waals surface area contributed by atoms with Gasteiger partial charge in [0.05, 0.1) is 0 Å². The SMILES string of the molecule is CCCC(F)=C(C(=O)O)C(F)(F)F. The Kier molecular flexibility index (Phi) is 3.90. The van der Waals surface area contributed by atoms with Gasteiger partial charge >= 0.3 is 12.1 Å². The minimum absolute atomic E-state index is 0.124. The molecular formula is C7H8F4O2. The second kappa shape index (κ2) is 4.25. The molecule has 0 amide bonds. The maximum atomic E-state index is 12.6. The summed E-state index contributed by atoms with van der Waals surface area (Å²) in [5.41, 5.74) is -2.10. The van der Waals surface area contributed by atoms with Crippen LogP contribution in [0.5, 0.6) is 0 Å². The Morgan fingerprint density at radius 2 is 1.85 bits per heavy atom. The Bertz CT molecular complexity index is 229. The molecule has 0 aliphatic heterocycles. The first kappa shape index (κ1) is 11.9. The van der Waals surface area contributed by atoms with E-state index in [4.69, 9.17) is 5.11 Å². The molecule has 0 unspecified atom stereocenters. The second-order valence-electron chi connectivity index (χ2n) is 2.33. The summed E-state index contributed by atoms with van der Waals surface area (Å²) in [6.07, 6.45) is -5.52. The third-order valence-corrected chi connectivity index (χ3v) is 1.24. The fourth-order valence-electron chi connectivity index (χ4n) is 0.736. The predicted octanol–water partition coefficient (Wildman–Crippen LogP) is 2.66. The van der Waals surface area contributed by atoms with Crippen molar-refractivity contribution in [2.75, 3.05) is 0 Å². The highest BCUT2D eigenvalue weighted by Gasteiger charge is 2.41. The van der Waals surface area contributed by atoms with Crippen LogP contribution in [0.15, 0.2) is 11.4 Å². The monoisotopic (exact) mass is 200 g/mol. The van der Waals surface area contributed by atoms with E-state index in [1.54, 1.807) is 0 Å². The molecule has 0 rings (SSSR count). The highest BCUT2D eigenvalue weighted by Crippen LogP contribution is 2.30. The van der Waals surface area contributed by atoms with E-state index in [0.29, 0.717) is 0 Å². The number of carbonyl (C=O) groups is 1. The first-order chi connectivity index (χ1) is 5.80. The summed E-state index contributed by atoms with van der Waals surface area (Å²) >= 11 is 0. The van der Waals surface area contributed by atoms with Crippen molar-refractivity contribution in [1.82, 2.24) is 0 Å². The molecule has 0 saturated heterocycles. The van der Waals surface area contributed by atoms with Crippen molar-refractivity contribution in [2.45, 2.75) is 25.9 Å². The van der Waals surface area contributed by atoms with Gasteiger partial charge in [0, 0.05) is 0 Å². The van der Waals surface area contributed by atoms with E-state index in [1.807, 2.05) is 0 Å². The molecule has 1 N–H and O–H groups in total. The molecule has 0 fully saturated rings. The highest BCUT2D eigenvalue weighted by molar-refractivity contribution is 5.88. The quantitative estimate of drug-likeness (QED) is 0.561. The number of carboxylic acids is 1. The zero-order chi connectivity index (χ0) is 10.6. The minimum atomic E-state index is -5.13. The van der Waals surface area contributed by atoms with Crippen LogP contribution in [0.3, 0.4) is 0 Å². The molecule has 76 valence electrons. The third kappa shape index (κ3) is 3.43. The number of hydrogen-bond acceptors (Lipinski definition) is 1. The summed E-state index contributed by atoms with van der Waals surface area (Å²) in [5, 5.41) is 8.09. The molecule has 0 spiro atoms. The Labute approximate surface area is 71.9 Å². The molecule has 0 atom stereocenters. The van der Waals surface area contributed by atoms with Crippen LogP contribution in [0.2, 0.25) is 0 Å². The zero-order valence-corrected chi connectivity index (χ0v) is 6.78. The van der Waals surface area contributed by atoms with Gasteiger partial charge in [-0.15, -0.1) is 0 Å². The van der Waals surface area contributed by atoms with Gasteiger partial charge in [0.2, 0.25) is 0 Å². The molecule has 0 aromatic carbocycles. The van der Waals surface area contributed by atoms with Crippen LogP contribution in [0.1, 0.15) is 19.8 Å². The van der Waals surface area contributed by atoms with Crippen molar-refractivity contribution < 1.29 is 27.5 Å². The van der Waals surface area contributed by atoms with Gasteiger partial charge in [-0.2, -0.15) is 13.2 Å². The molecule has 0 aliphatic carbocycles. The Morgan fingerprint density at radius 3 is 2.08 bits per heavy atom. The number of aliphatic carboxylic acids is 1. The highest BCUT2D eigenvalue weighted by atomic mass is 19.4. The molecule has 6 heteroatoms. The minimum Gasteiger partial charge on any atom is -0.478 e. The van der Waals surface area contributed by atoms with Gasteiger partial charge in [-0.25, -0.2) is 9.18 Å². The van der Waals surface area contributed by atoms with Gasteiger partial charge in [0.15, 0.2) is 5.57 Å². The maximum absolute atomic E-state index is 12.6. The lowest BCUT2D eigenvalue weighted by Crippen LogP contribution is -2.21. The molecule has 0 aliphatic rings. The van der Waals surface area contributed by atoms with Gasteiger partial charge in [0.25, 0.3) is 0 Å². The Hall–Kier alpha value is -1.07. The first-order valence-corrected chi connectivity index (χ1v) is 3.49. The summed E-state index contributed by atoms with van der Waals surface area (Å²) < 4.78 is 48.2. The molecule has 0 aromatic heterocycles. The maximum Gasteiger partial charge on any atom is 0.425 e. The average Bonchev–Trinajstić information content (AvgIpc) is 1.82. The van der Waals surface area contributed by atoms with Crippen molar-refractivity contribution in [3.05, 3.63) is 11.4 Å². The largest absolute Gasteiger partial charge is 0.478 e. The van der Waals surface area contributed by atoms with Crippen molar-refractivity contribution in [1.29, 1.82) is 0 Å². The molecule has 0 heterocycles. The zero-order valence-electron chi connectivity index (χ0n) is 6.78. The Morgan fingerprint density at radius 1 is 1.38 bits per heavy atom. The molecule has 13 heavy (non-hydrogen) atoms. The number of halogens is 4. The van der Waals surface area contributed by atoms with Gasteiger partial charge in [-0.3, -0.25) is 0 Å². The van der Waals surface area contributed by atoms with Crippen LogP contribution in [0.4, 0.5) is 17.6 Å². The lowest BCUT2D eigenvalue weighted by molar-refractivity contribution is -0.145. The molecule has 0 saturated carbocycles. The van der Waals surface area contributed by atoms with E-state index in [1.165, 1.54) is 6.92 Å². The van der Waals surface area contributed by atoms with Crippen LogP contribution < -0.4 is 0 Å². The predicted molar refractivity (Wildman–Crippen MR) is 36.7 cm³/mol. The van der Waals surface area contributed by atoms with Gasteiger partial charge in [-0.1, -0.05) is 6.92 Å². The summed E-state index contributed by atoms with van der Waals surface area (Å²) in [5.74, 6) is -3.90. The van der Waals surface area contributed by atoms with E-state index in [2.05, 4.69) is 0 Å². The van der Waals surface area contributed by atoms with Crippen molar-refractivity contribution in [2.24, 2.45) is 0 Å². The van der Waals surface area contributed by atoms with E-state index >= 15 is 0 Å². The van der Waals surface area contributed by atoms with Crippen LogP contribution in [-0.4, -0.2) is 17.3 Å². The third-order valence-electron chi connectivity index (χ3n) is 1.24. The van der Waals surface area contributed by atoms with Gasteiger partial charge in [-0.05, 0) is 12.8 Å². The van der Waals surface area contributed by atoms with Crippen LogP contribution in [0, 0.1) is 0 Å². The number of allylic oxidation sites excluding steroid dienone is 1. The van der Waals surface area contributed by atoms with E-state index in [0.717, 1.165) is 0 Å². The fraction of sp³-hybridized carbons (Fsp3) is 0.571. The van der Waals surface area contributed by atoms with Crippen molar-refractivity contribution in [3.8, 4) is 0 Å². The number of hydrogen-bond donors (Lipinski definition) is 1. The summed E-state index contributed by atoms with van der Waals surface area (Å²) in [6.45, 7) is 1.45. The van der Waals surface area contributed by atoms with E-state index in [9.17, 15) is 22.4 Å². The topological polar surface area (TPSA) is 37.3 Å². The van der Waals surface area contributed by atoms with Crippen LogP contribution in [0.25, 0.3) is 0 Å². The molecule has 2 nitrogen and oxygen atoms in total. The van der Waals surface area contributed by atoms with Crippen LogP contribution in [-0.2, 0) is 4.79 Å². The lowest BCUT2D eigenvalue weighted by atomic mass is 10.1. The Balaban J connectivity index is 5.01. The lowest BCUT2D eigenvalue weighted by Gasteiger charge is -2.08. The van der Waals surface area contributed by atoms with Crippen LogP contribution >= 0.6 is 0 Å². The second-order valence-corrected chi connectivity index (χ2v) is 2.33. The van der Waals surface area contributed by atoms with E-state index < -0.39 is 30.0 Å². The summed E-state index contributed by atoms with van der Waals surface area (Å²) in [6, 6.07) is 0. The van der Waals surface area contributed by atoms with E-state index in [-0.39, 0.29) is 6.42 Å². The van der Waals surface area contributed by atoms with Crippen molar-refractivity contribution >= 4 is 5.97 Å².